The summed E-state index contributed by atoms with van der Waals surface area (Å²) in [6.45, 7) is 15.4. The van der Waals surface area contributed by atoms with Crippen molar-refractivity contribution in [2.24, 2.45) is 11.8 Å². The van der Waals surface area contributed by atoms with Crippen LogP contribution in [0.3, 0.4) is 0 Å². The summed E-state index contributed by atoms with van der Waals surface area (Å²) < 4.78 is 40.6. The minimum Gasteiger partial charge on any atom is -0.466 e. The summed E-state index contributed by atoms with van der Waals surface area (Å²) in [5, 5.41) is 2.87. The van der Waals surface area contributed by atoms with Crippen LogP contribution >= 0.6 is 0 Å². The number of allylic oxidation sites excluding steroid dienone is 4. The highest BCUT2D eigenvalue weighted by atomic mass is 16.7. The maximum atomic E-state index is 13.2. The molecule has 1 aliphatic rings. The molecule has 2 unspecified atom stereocenters. The van der Waals surface area contributed by atoms with E-state index in [0.29, 0.717) is 70.8 Å². The van der Waals surface area contributed by atoms with E-state index in [0.717, 1.165) is 116 Å². The summed E-state index contributed by atoms with van der Waals surface area (Å²) in [4.78, 5) is 66.8. The number of alkyl carbamates (subject to hydrolysis) is 1. The Kier molecular flexibility index (Phi) is 46.6. The quantitative estimate of drug-likeness (QED) is 0.0201. The van der Waals surface area contributed by atoms with Crippen LogP contribution in [-0.4, -0.2) is 113 Å². The molecule has 0 aromatic heterocycles. The van der Waals surface area contributed by atoms with Gasteiger partial charge in [-0.15, -0.1) is 0 Å². The molecule has 430 valence electrons. The van der Waals surface area contributed by atoms with Crippen molar-refractivity contribution in [3.63, 3.8) is 0 Å². The van der Waals surface area contributed by atoms with E-state index in [4.69, 9.17) is 33.2 Å². The second kappa shape index (κ2) is 50.3. The number of nitrogens with zero attached hydrogens (tertiary/aromatic N) is 1. The molecule has 14 nitrogen and oxygen atoms in total. The highest BCUT2D eigenvalue weighted by Gasteiger charge is 2.22. The Morgan fingerprint density at radius 1 is 0.473 bits per heavy atom. The van der Waals surface area contributed by atoms with Gasteiger partial charge in [-0.05, 0) is 122 Å². The van der Waals surface area contributed by atoms with Crippen LogP contribution in [0.2, 0.25) is 0 Å². The van der Waals surface area contributed by atoms with E-state index in [1.54, 1.807) is 0 Å². The third-order valence-corrected chi connectivity index (χ3v) is 13.4. The van der Waals surface area contributed by atoms with Crippen LogP contribution in [0.5, 0.6) is 0 Å². The number of hydrogen-bond acceptors (Lipinski definition) is 13. The number of unbranched alkanes of at least 4 members (excludes halogenated alkanes) is 12. The number of carbonyl (C=O) groups is 5. The van der Waals surface area contributed by atoms with Gasteiger partial charge in [0.25, 0.3) is 0 Å². The summed E-state index contributed by atoms with van der Waals surface area (Å²) in [5.41, 5.74) is 0. The number of hydrogen-bond donors (Lipinski definition) is 1. The molecular weight excluding hydrogens is 941 g/mol. The van der Waals surface area contributed by atoms with Crippen LogP contribution in [0.15, 0.2) is 24.3 Å². The third-order valence-electron chi connectivity index (χ3n) is 13.4. The highest BCUT2D eigenvalue weighted by Crippen LogP contribution is 2.21. The molecule has 1 heterocycles. The smallest absolute Gasteiger partial charge is 0.407 e. The van der Waals surface area contributed by atoms with E-state index >= 15 is 0 Å². The van der Waals surface area contributed by atoms with Crippen molar-refractivity contribution < 1.29 is 57.1 Å². The number of likely N-dealkylation sites (tertiary alicyclic amines) is 1. The van der Waals surface area contributed by atoms with Gasteiger partial charge in [0.05, 0.1) is 18.9 Å². The first-order valence-corrected chi connectivity index (χ1v) is 30.0. The van der Waals surface area contributed by atoms with E-state index in [1.165, 1.54) is 51.4 Å². The first-order chi connectivity index (χ1) is 36.1. The molecule has 0 bridgehead atoms. The van der Waals surface area contributed by atoms with E-state index in [-0.39, 0.29) is 45.1 Å². The molecule has 2 atom stereocenters. The lowest BCUT2D eigenvalue weighted by Crippen LogP contribution is -2.35. The van der Waals surface area contributed by atoms with Gasteiger partial charge in [0.1, 0.15) is 25.9 Å². The minimum absolute atomic E-state index is 0.0361. The maximum Gasteiger partial charge on any atom is 0.407 e. The zero-order valence-corrected chi connectivity index (χ0v) is 47.7. The van der Waals surface area contributed by atoms with Crippen molar-refractivity contribution >= 4 is 30.0 Å². The average molecular weight is 1050 g/mol. The van der Waals surface area contributed by atoms with Crippen LogP contribution in [0, 0.1) is 11.8 Å². The van der Waals surface area contributed by atoms with Crippen molar-refractivity contribution in [3.8, 4) is 0 Å². The predicted molar refractivity (Wildman–Crippen MR) is 296 cm³/mol. The number of esters is 4. The molecule has 1 amide bonds. The standard InChI is InChI=1S/C60H108N2O12/c1-6-11-16-19-23-30-46-69-59(70-47-31-24-20-17-12-7-2)40-39-58(66)73-51-53(49-71-56(64)36-27-22-21-26-35-55(63)68-48-41-52(32-14-9-4)33-15-10-5)50-72-57(65)38-37-54(34-25-18-13-8-3)74-60(67)61-42-45-62-43-28-29-44-62/h11-12,16-17,52-54,59H,6-10,13-15,18-51H2,1-5H3,(H,61,67)/b16-11-,17-12-. The number of ether oxygens (including phenoxy) is 7. The fourth-order valence-corrected chi connectivity index (χ4v) is 8.75. The molecule has 0 spiro atoms. The van der Waals surface area contributed by atoms with Crippen LogP contribution in [0.1, 0.15) is 240 Å². The Balaban J connectivity index is 2.78. The van der Waals surface area contributed by atoms with Crippen LogP contribution < -0.4 is 5.32 Å². The Hall–Kier alpha value is -3.49. The third kappa shape index (κ3) is 42.7. The molecule has 1 N–H and O–H groups in total. The molecular formula is C60H108N2O12. The van der Waals surface area contributed by atoms with E-state index < -0.39 is 42.3 Å². The van der Waals surface area contributed by atoms with Crippen LogP contribution in [-0.2, 0) is 52.3 Å². The van der Waals surface area contributed by atoms with Crippen molar-refractivity contribution in [3.05, 3.63) is 24.3 Å². The van der Waals surface area contributed by atoms with E-state index in [2.05, 4.69) is 69.1 Å². The highest BCUT2D eigenvalue weighted by molar-refractivity contribution is 5.71. The molecule has 1 aliphatic heterocycles. The maximum absolute atomic E-state index is 13.2. The molecule has 0 aliphatic carbocycles. The van der Waals surface area contributed by atoms with Gasteiger partial charge < -0.3 is 43.4 Å². The molecule has 74 heavy (non-hydrogen) atoms. The molecule has 1 rings (SSSR count). The Morgan fingerprint density at radius 2 is 0.986 bits per heavy atom. The summed E-state index contributed by atoms with van der Waals surface area (Å²) in [5.74, 6) is -1.46. The first-order valence-electron chi connectivity index (χ1n) is 30.0. The van der Waals surface area contributed by atoms with Crippen molar-refractivity contribution in [1.82, 2.24) is 10.2 Å². The van der Waals surface area contributed by atoms with E-state index in [1.807, 2.05) is 0 Å². The van der Waals surface area contributed by atoms with Crippen molar-refractivity contribution in [2.75, 3.05) is 65.8 Å². The van der Waals surface area contributed by atoms with Gasteiger partial charge in [0.15, 0.2) is 6.29 Å². The Labute approximate surface area is 450 Å². The topological polar surface area (TPSA) is 165 Å². The minimum atomic E-state index is -0.597. The molecule has 0 aromatic rings. The second-order valence-electron chi connectivity index (χ2n) is 20.3. The molecule has 14 heteroatoms. The van der Waals surface area contributed by atoms with E-state index in [9.17, 15) is 24.0 Å². The molecule has 1 fully saturated rings. The first kappa shape index (κ1) is 68.5. The van der Waals surface area contributed by atoms with Gasteiger partial charge >= 0.3 is 30.0 Å². The van der Waals surface area contributed by atoms with Crippen LogP contribution in [0.4, 0.5) is 4.79 Å². The zero-order valence-electron chi connectivity index (χ0n) is 47.7. The monoisotopic (exact) mass is 1050 g/mol. The van der Waals surface area contributed by atoms with Gasteiger partial charge in [-0.1, -0.05) is 130 Å². The molecule has 0 radical (unpaired) electrons. The van der Waals surface area contributed by atoms with Gasteiger partial charge in [-0.2, -0.15) is 0 Å². The normalized spacial score (nSPS) is 13.8. The predicted octanol–water partition coefficient (Wildman–Crippen LogP) is 13.9. The second-order valence-corrected chi connectivity index (χ2v) is 20.3. The lowest BCUT2D eigenvalue weighted by molar-refractivity contribution is -0.162. The van der Waals surface area contributed by atoms with Gasteiger partial charge in [0.2, 0.25) is 0 Å². The summed E-state index contributed by atoms with van der Waals surface area (Å²) in [7, 11) is 0. The molecule has 0 aromatic carbocycles. The fraction of sp³-hybridized carbons (Fsp3) is 0.850. The number of amides is 1. The van der Waals surface area contributed by atoms with Gasteiger partial charge in [-0.25, -0.2) is 4.79 Å². The average Bonchev–Trinajstić information content (AvgIpc) is 3.92. The lowest BCUT2D eigenvalue weighted by Gasteiger charge is -2.20. The SMILES string of the molecule is CC/C=C\CCCCOC(CCC(=O)OCC(COC(=O)CCCCCCC(=O)OCCC(CCCC)CCCC)COC(=O)CCC(CCCCCC)OC(=O)NCCN1CCCC1)OCCCC/C=C\CC. The summed E-state index contributed by atoms with van der Waals surface area (Å²) in [6.07, 6.45) is 34.4. The Bertz CT molecular complexity index is 1400. The van der Waals surface area contributed by atoms with Crippen molar-refractivity contribution in [1.29, 1.82) is 0 Å². The molecule has 1 saturated heterocycles. The van der Waals surface area contributed by atoms with Gasteiger partial charge in [0, 0.05) is 52.0 Å². The van der Waals surface area contributed by atoms with Crippen LogP contribution in [0.25, 0.3) is 0 Å². The van der Waals surface area contributed by atoms with Gasteiger partial charge in [-0.3, -0.25) is 19.2 Å². The zero-order chi connectivity index (χ0) is 54.0. The number of rotatable bonds is 51. The summed E-state index contributed by atoms with van der Waals surface area (Å²) >= 11 is 0. The molecule has 0 saturated carbocycles. The fourth-order valence-electron chi connectivity index (χ4n) is 8.75. The lowest BCUT2D eigenvalue weighted by atomic mass is 9.93. The number of nitrogens with one attached hydrogen (secondary N) is 1. The largest absolute Gasteiger partial charge is 0.466 e. The summed E-state index contributed by atoms with van der Waals surface area (Å²) in [6, 6.07) is 0. The number of carbonyl (C=O) groups excluding carboxylic acids is 5. The van der Waals surface area contributed by atoms with Crippen molar-refractivity contribution in [2.45, 2.75) is 252 Å². The Morgan fingerprint density at radius 3 is 1.53 bits per heavy atom.